The Morgan fingerprint density at radius 1 is 1.22 bits per heavy atom. The van der Waals surface area contributed by atoms with E-state index in [4.69, 9.17) is 4.42 Å². The van der Waals surface area contributed by atoms with Crippen molar-refractivity contribution in [3.05, 3.63) is 46.3 Å². The zero-order chi connectivity index (χ0) is 17.0. The van der Waals surface area contributed by atoms with Crippen LogP contribution in [0.5, 0.6) is 0 Å². The third-order valence-electron chi connectivity index (χ3n) is 2.68. The van der Waals surface area contributed by atoms with Crippen LogP contribution in [0, 0.1) is 0 Å². The predicted molar refractivity (Wildman–Crippen MR) is 71.8 cm³/mol. The summed E-state index contributed by atoms with van der Waals surface area (Å²) in [5, 5.41) is 1.99. The molecule has 0 aliphatic heterocycles. The number of carbonyl (C=O) groups excluding carboxylic acids is 2. The Hall–Kier alpha value is -2.84. The van der Waals surface area contributed by atoms with Crippen LogP contribution in [-0.4, -0.2) is 31.2 Å². The largest absolute Gasteiger partial charge is 0.452 e. The number of fused-ring (bicyclic) bond motifs is 1. The third kappa shape index (κ3) is 4.56. The molecule has 1 amide bonds. The first-order chi connectivity index (χ1) is 10.8. The van der Waals surface area contributed by atoms with Crippen LogP contribution in [0.2, 0.25) is 0 Å². The molecule has 0 saturated heterocycles. The molecule has 0 spiro atoms. The average Bonchev–Trinajstić information content (AvgIpc) is 2.49. The molecule has 2 aromatic rings. The van der Waals surface area contributed by atoms with Gasteiger partial charge in [-0.25, -0.2) is 9.59 Å². The molecule has 2 rings (SSSR count). The monoisotopic (exact) mass is 329 g/mol. The fourth-order valence-electron chi connectivity index (χ4n) is 1.66. The summed E-state index contributed by atoms with van der Waals surface area (Å²) in [5.74, 6) is -2.30. The van der Waals surface area contributed by atoms with Gasteiger partial charge in [0.1, 0.15) is 17.7 Å². The van der Waals surface area contributed by atoms with Gasteiger partial charge in [0.15, 0.2) is 6.61 Å². The van der Waals surface area contributed by atoms with Crippen molar-refractivity contribution in [2.45, 2.75) is 6.18 Å². The molecule has 1 aromatic heterocycles. The summed E-state index contributed by atoms with van der Waals surface area (Å²) in [4.78, 5) is 34.5. The number of ether oxygens (including phenoxy) is 1. The number of rotatable bonds is 4. The topological polar surface area (TPSA) is 85.6 Å². The summed E-state index contributed by atoms with van der Waals surface area (Å²) in [5.41, 5.74) is -1.16. The van der Waals surface area contributed by atoms with Gasteiger partial charge in [0, 0.05) is 5.39 Å². The summed E-state index contributed by atoms with van der Waals surface area (Å²) in [6, 6.07) is 7.62. The molecule has 6 nitrogen and oxygen atoms in total. The van der Waals surface area contributed by atoms with Crippen molar-refractivity contribution in [3.8, 4) is 0 Å². The zero-order valence-corrected chi connectivity index (χ0v) is 11.5. The molecule has 0 unspecified atom stereocenters. The standard InChI is InChI=1S/C14H10F3NO5/c15-14(16,17)7-18-11(19)6-22-12(20)9-5-8-3-1-2-4-10(8)23-13(9)21/h1-5H,6-7H2,(H,18,19). The first-order valence-corrected chi connectivity index (χ1v) is 6.30. The minimum Gasteiger partial charge on any atom is -0.452 e. The molecule has 0 bridgehead atoms. The molecule has 0 atom stereocenters. The van der Waals surface area contributed by atoms with Crippen LogP contribution in [-0.2, 0) is 9.53 Å². The van der Waals surface area contributed by atoms with E-state index in [-0.39, 0.29) is 5.58 Å². The van der Waals surface area contributed by atoms with Crippen molar-refractivity contribution in [1.29, 1.82) is 0 Å². The second-order valence-electron chi connectivity index (χ2n) is 4.45. The first kappa shape index (κ1) is 16.5. The Bertz CT molecular complexity index is 797. The van der Waals surface area contributed by atoms with E-state index >= 15 is 0 Å². The molecule has 0 radical (unpaired) electrons. The number of nitrogens with one attached hydrogen (secondary N) is 1. The number of hydrogen-bond acceptors (Lipinski definition) is 5. The fraction of sp³-hybridized carbons (Fsp3) is 0.214. The Balaban J connectivity index is 2.02. The quantitative estimate of drug-likeness (QED) is 0.681. The summed E-state index contributed by atoms with van der Waals surface area (Å²) in [6.07, 6.45) is -4.57. The first-order valence-electron chi connectivity index (χ1n) is 6.30. The smallest absolute Gasteiger partial charge is 0.405 e. The lowest BCUT2D eigenvalue weighted by atomic mass is 10.2. The van der Waals surface area contributed by atoms with Crippen LogP contribution >= 0.6 is 0 Å². The van der Waals surface area contributed by atoms with Crippen molar-refractivity contribution in [2.24, 2.45) is 0 Å². The Morgan fingerprint density at radius 3 is 2.61 bits per heavy atom. The van der Waals surface area contributed by atoms with Crippen LogP contribution in [0.15, 0.2) is 39.5 Å². The Morgan fingerprint density at radius 2 is 1.91 bits per heavy atom. The minimum absolute atomic E-state index is 0.261. The van der Waals surface area contributed by atoms with Crippen LogP contribution in [0.1, 0.15) is 10.4 Å². The fourth-order valence-corrected chi connectivity index (χ4v) is 1.66. The van der Waals surface area contributed by atoms with Crippen molar-refractivity contribution >= 4 is 22.8 Å². The number of benzene rings is 1. The summed E-state index contributed by atoms with van der Waals surface area (Å²) < 4.78 is 45.1. The second-order valence-corrected chi connectivity index (χ2v) is 4.45. The van der Waals surface area contributed by atoms with E-state index in [1.54, 1.807) is 18.2 Å². The highest BCUT2D eigenvalue weighted by Crippen LogP contribution is 2.13. The van der Waals surface area contributed by atoms with E-state index < -0.39 is 42.4 Å². The van der Waals surface area contributed by atoms with Gasteiger partial charge in [-0.15, -0.1) is 0 Å². The van der Waals surface area contributed by atoms with Crippen LogP contribution in [0.4, 0.5) is 13.2 Å². The van der Waals surface area contributed by atoms with Gasteiger partial charge in [-0.2, -0.15) is 13.2 Å². The molecule has 1 heterocycles. The van der Waals surface area contributed by atoms with Crippen LogP contribution < -0.4 is 10.9 Å². The van der Waals surface area contributed by atoms with E-state index in [0.717, 1.165) is 0 Å². The SMILES string of the molecule is O=C(COC(=O)c1cc2ccccc2oc1=O)NCC(F)(F)F. The number of hydrogen-bond donors (Lipinski definition) is 1. The zero-order valence-electron chi connectivity index (χ0n) is 11.5. The van der Waals surface area contributed by atoms with Crippen molar-refractivity contribution in [1.82, 2.24) is 5.32 Å². The van der Waals surface area contributed by atoms with E-state index in [2.05, 4.69) is 4.74 Å². The minimum atomic E-state index is -4.57. The average molecular weight is 329 g/mol. The molecule has 0 saturated carbocycles. The highest BCUT2D eigenvalue weighted by Gasteiger charge is 2.28. The Labute approximate surface area is 126 Å². The number of halogens is 3. The lowest BCUT2D eigenvalue weighted by Gasteiger charge is -2.08. The summed E-state index contributed by atoms with van der Waals surface area (Å²) in [7, 11) is 0. The van der Waals surface area contributed by atoms with Crippen LogP contribution in [0.3, 0.4) is 0 Å². The molecular formula is C14H10F3NO5. The van der Waals surface area contributed by atoms with E-state index in [9.17, 15) is 27.6 Å². The maximum absolute atomic E-state index is 11.9. The number of carbonyl (C=O) groups is 2. The molecule has 1 N–H and O–H groups in total. The molecule has 0 aliphatic carbocycles. The maximum Gasteiger partial charge on any atom is 0.405 e. The number of esters is 1. The molecule has 23 heavy (non-hydrogen) atoms. The van der Waals surface area contributed by atoms with Gasteiger partial charge in [-0.1, -0.05) is 18.2 Å². The van der Waals surface area contributed by atoms with E-state index in [1.165, 1.54) is 17.4 Å². The number of amides is 1. The van der Waals surface area contributed by atoms with Crippen molar-refractivity contribution < 1.29 is 31.9 Å². The van der Waals surface area contributed by atoms with Gasteiger partial charge in [-0.05, 0) is 12.1 Å². The van der Waals surface area contributed by atoms with E-state index in [1.807, 2.05) is 0 Å². The summed E-state index contributed by atoms with van der Waals surface area (Å²) >= 11 is 0. The maximum atomic E-state index is 11.9. The predicted octanol–water partition coefficient (Wildman–Crippen LogP) is 1.63. The normalized spacial score (nSPS) is 11.3. The second kappa shape index (κ2) is 6.51. The lowest BCUT2D eigenvalue weighted by molar-refractivity contribution is -0.140. The van der Waals surface area contributed by atoms with Gasteiger partial charge in [0.25, 0.3) is 5.91 Å². The highest BCUT2D eigenvalue weighted by molar-refractivity contribution is 5.94. The van der Waals surface area contributed by atoms with Gasteiger partial charge < -0.3 is 14.5 Å². The summed E-state index contributed by atoms with van der Waals surface area (Å²) in [6.45, 7) is -2.48. The molecule has 0 aliphatic rings. The van der Waals surface area contributed by atoms with Gasteiger partial charge in [-0.3, -0.25) is 4.79 Å². The van der Waals surface area contributed by atoms with Crippen LogP contribution in [0.25, 0.3) is 11.0 Å². The number of alkyl halides is 3. The van der Waals surface area contributed by atoms with Crippen molar-refractivity contribution in [2.75, 3.05) is 13.2 Å². The lowest BCUT2D eigenvalue weighted by Crippen LogP contribution is -2.36. The number of para-hydroxylation sites is 1. The highest BCUT2D eigenvalue weighted by atomic mass is 19.4. The third-order valence-corrected chi connectivity index (χ3v) is 2.68. The molecule has 9 heteroatoms. The van der Waals surface area contributed by atoms with Gasteiger partial charge in [0.2, 0.25) is 0 Å². The Kier molecular flexibility index (Phi) is 4.68. The van der Waals surface area contributed by atoms with Crippen molar-refractivity contribution in [3.63, 3.8) is 0 Å². The molecular weight excluding hydrogens is 319 g/mol. The molecule has 1 aromatic carbocycles. The van der Waals surface area contributed by atoms with E-state index in [0.29, 0.717) is 5.39 Å². The van der Waals surface area contributed by atoms with Gasteiger partial charge >= 0.3 is 17.8 Å². The molecule has 122 valence electrons. The van der Waals surface area contributed by atoms with Gasteiger partial charge in [0.05, 0.1) is 0 Å². The molecule has 0 fully saturated rings.